The van der Waals surface area contributed by atoms with Gasteiger partial charge in [0.15, 0.2) is 17.1 Å². The lowest BCUT2D eigenvalue weighted by Crippen LogP contribution is -2.11. The van der Waals surface area contributed by atoms with Crippen LogP contribution in [0.1, 0.15) is 22.3 Å². The van der Waals surface area contributed by atoms with E-state index in [1.54, 1.807) is 37.5 Å². The molecule has 5 aromatic rings. The molecule has 0 fully saturated rings. The summed E-state index contributed by atoms with van der Waals surface area (Å²) in [5, 5.41) is 1.83. The van der Waals surface area contributed by atoms with E-state index in [1.165, 1.54) is 0 Å². The molecule has 0 spiro atoms. The maximum Gasteiger partial charge on any atom is 0.164 e. The van der Waals surface area contributed by atoms with E-state index in [0.29, 0.717) is 50.9 Å². The second-order valence-electron chi connectivity index (χ2n) is 9.15. The zero-order valence-corrected chi connectivity index (χ0v) is 22.5. The number of aromatic nitrogens is 7. The molecule has 0 radical (unpaired) electrons. The van der Waals surface area contributed by atoms with E-state index < -0.39 is 0 Å². The van der Waals surface area contributed by atoms with Crippen molar-refractivity contribution in [1.29, 1.82) is 0 Å². The lowest BCUT2D eigenvalue weighted by Gasteiger charge is -1.98. The molecule has 0 aliphatic carbocycles. The van der Waals surface area contributed by atoms with Crippen LogP contribution >= 0.6 is 0 Å². The molecular formula is C33H26N8. The van der Waals surface area contributed by atoms with E-state index in [9.17, 15) is 0 Å². The van der Waals surface area contributed by atoms with E-state index in [-0.39, 0.29) is 0 Å². The van der Waals surface area contributed by atoms with Gasteiger partial charge in [-0.3, -0.25) is 4.99 Å². The molecule has 1 aliphatic heterocycles. The molecule has 8 nitrogen and oxygen atoms in total. The number of H-pyrrole nitrogens is 2. The van der Waals surface area contributed by atoms with Crippen molar-refractivity contribution >= 4 is 57.7 Å². The number of aromatic amines is 2. The molecule has 198 valence electrons. The van der Waals surface area contributed by atoms with E-state index in [0.717, 1.165) is 33.0 Å². The Hall–Kier alpha value is -5.76. The van der Waals surface area contributed by atoms with Gasteiger partial charge in [-0.25, -0.2) is 24.9 Å². The largest absolute Gasteiger partial charge is 0.324 e. The molecule has 0 saturated heterocycles. The van der Waals surface area contributed by atoms with Crippen LogP contribution in [0.25, 0.3) is 80.4 Å². The maximum absolute atomic E-state index is 4.98. The zero-order valence-electron chi connectivity index (χ0n) is 22.5. The number of hydrogen-bond acceptors (Lipinski definition) is 6. The minimum atomic E-state index is 0.436. The van der Waals surface area contributed by atoms with Crippen LogP contribution in [-0.4, -0.2) is 41.9 Å². The van der Waals surface area contributed by atoms with Gasteiger partial charge in [-0.05, 0) is 0 Å². The molecule has 0 amide bonds. The Morgan fingerprint density at radius 3 is 1.78 bits per heavy atom. The third kappa shape index (κ3) is 4.28. The summed E-state index contributed by atoms with van der Waals surface area (Å²) in [5.74, 6) is 1.04. The molecule has 0 unspecified atom stereocenters. The summed E-state index contributed by atoms with van der Waals surface area (Å²) in [5.41, 5.74) is 7.47. The molecule has 0 saturated carbocycles. The molecule has 41 heavy (non-hydrogen) atoms. The van der Waals surface area contributed by atoms with E-state index >= 15 is 0 Å². The Bertz CT molecular complexity index is 2150. The highest BCUT2D eigenvalue weighted by Crippen LogP contribution is 2.33. The van der Waals surface area contributed by atoms with Crippen LogP contribution in [0.2, 0.25) is 0 Å². The van der Waals surface area contributed by atoms with Crippen LogP contribution < -0.4 is 5.49 Å². The average molecular weight is 535 g/mol. The van der Waals surface area contributed by atoms with Gasteiger partial charge >= 0.3 is 0 Å². The van der Waals surface area contributed by atoms with Gasteiger partial charge in [0.2, 0.25) is 0 Å². The number of benzene rings is 2. The first kappa shape index (κ1) is 25.5. The van der Waals surface area contributed by atoms with Crippen molar-refractivity contribution in [2.75, 3.05) is 7.05 Å². The van der Waals surface area contributed by atoms with Gasteiger partial charge in [0.25, 0.3) is 0 Å². The molecule has 3 aromatic heterocycles. The van der Waals surface area contributed by atoms with Crippen molar-refractivity contribution in [3.63, 3.8) is 0 Å². The summed E-state index contributed by atoms with van der Waals surface area (Å²) in [4.78, 5) is 35.6. The third-order valence-electron chi connectivity index (χ3n) is 6.91. The van der Waals surface area contributed by atoms with Crippen molar-refractivity contribution in [2.24, 2.45) is 4.99 Å². The summed E-state index contributed by atoms with van der Waals surface area (Å²) in [6.45, 7) is 16.0. The van der Waals surface area contributed by atoms with Gasteiger partial charge in [-0.15, -0.1) is 0 Å². The lowest BCUT2D eigenvalue weighted by atomic mass is 10.1. The first-order valence-electron chi connectivity index (χ1n) is 12.9. The highest BCUT2D eigenvalue weighted by molar-refractivity contribution is 6.05. The third-order valence-corrected chi connectivity index (χ3v) is 6.91. The normalized spacial score (nSPS) is 11.6. The minimum absolute atomic E-state index is 0.436. The first-order valence-corrected chi connectivity index (χ1v) is 12.9. The number of hydrogen-bond donors (Lipinski definition) is 2. The van der Waals surface area contributed by atoms with Gasteiger partial charge < -0.3 is 9.97 Å². The fraction of sp³-hybridized carbons (Fsp3) is 0.0303. The number of rotatable bonds is 4. The fourth-order valence-electron chi connectivity index (χ4n) is 4.94. The second kappa shape index (κ2) is 10.4. The summed E-state index contributed by atoms with van der Waals surface area (Å²) < 4.78 is 0. The number of fused-ring (bicyclic) bond motifs is 12. The number of nitrogens with one attached hydrogen (secondary N) is 2. The molecule has 1 aliphatic rings. The molecule has 2 N–H and O–H groups in total. The Kier molecular flexibility index (Phi) is 6.49. The van der Waals surface area contributed by atoms with Crippen molar-refractivity contribution in [3.05, 3.63) is 109 Å². The Morgan fingerprint density at radius 2 is 1.17 bits per heavy atom. The van der Waals surface area contributed by atoms with Crippen LogP contribution in [0, 0.1) is 0 Å². The summed E-state index contributed by atoms with van der Waals surface area (Å²) in [6.07, 6.45) is 8.54. The molecule has 6 rings (SSSR count). The Morgan fingerprint density at radius 1 is 0.610 bits per heavy atom. The van der Waals surface area contributed by atoms with Crippen LogP contribution in [0.3, 0.4) is 0 Å². The topological polar surface area (TPSA) is 108 Å². The standard InChI is InChI=1S/C33H26N8/c1-6-19-18-35-28-21(8-3)22(9-4)29(37-28)38-31-25-16-12-13-17-26(25)33(40-31)41-32-24-15-11-10-14-23(24)30(39-32)36-27(34-5)20(19)7-2/h6-18H,1-4H2,5H3,(H2,34,35,36,37,38,39,40,41). The van der Waals surface area contributed by atoms with Gasteiger partial charge in [-0.2, -0.15) is 0 Å². The van der Waals surface area contributed by atoms with Crippen LogP contribution in [0.4, 0.5) is 0 Å². The van der Waals surface area contributed by atoms with Gasteiger partial charge in [0, 0.05) is 57.4 Å². The maximum atomic E-state index is 4.98. The fourth-order valence-corrected chi connectivity index (χ4v) is 4.94. The summed E-state index contributed by atoms with van der Waals surface area (Å²) in [6, 6.07) is 15.8. The predicted octanol–water partition coefficient (Wildman–Crippen LogP) is 6.78. The Labute approximate surface area is 236 Å². The van der Waals surface area contributed by atoms with Gasteiger partial charge in [-0.1, -0.05) is 99.2 Å². The molecule has 4 heterocycles. The SMILES string of the molecule is C=Cc1cnc2[nH]c(nc3[nH]c(nc4nc(nc(=NC)c1C=C)-c1ccccc1-4)c1ccccc31)c(C=C)c2C=C. The monoisotopic (exact) mass is 534 g/mol. The van der Waals surface area contributed by atoms with Crippen LogP contribution in [0.15, 0.2) is 86.0 Å². The van der Waals surface area contributed by atoms with Gasteiger partial charge in [0.1, 0.15) is 22.6 Å². The van der Waals surface area contributed by atoms with E-state index in [4.69, 9.17) is 24.9 Å². The van der Waals surface area contributed by atoms with E-state index in [2.05, 4.69) is 41.3 Å². The Balaban J connectivity index is 1.89. The van der Waals surface area contributed by atoms with Crippen molar-refractivity contribution in [1.82, 2.24) is 34.9 Å². The predicted molar refractivity (Wildman–Crippen MR) is 168 cm³/mol. The van der Waals surface area contributed by atoms with Crippen LogP contribution in [-0.2, 0) is 0 Å². The molecule has 2 aromatic carbocycles. The van der Waals surface area contributed by atoms with Gasteiger partial charge in [0.05, 0.1) is 0 Å². The quantitative estimate of drug-likeness (QED) is 0.259. The zero-order chi connectivity index (χ0) is 28.5. The number of nitrogens with zero attached hydrogens (tertiary/aromatic N) is 6. The molecule has 8 heteroatoms. The van der Waals surface area contributed by atoms with Crippen LogP contribution in [0.5, 0.6) is 0 Å². The highest BCUT2D eigenvalue weighted by Gasteiger charge is 2.19. The first-order chi connectivity index (χ1) is 20.1. The minimum Gasteiger partial charge on any atom is -0.324 e. The van der Waals surface area contributed by atoms with E-state index in [1.807, 2.05) is 48.5 Å². The van der Waals surface area contributed by atoms with Crippen molar-refractivity contribution in [3.8, 4) is 22.8 Å². The molecule has 0 atom stereocenters. The average Bonchev–Trinajstić information content (AvgIpc) is 3.65. The van der Waals surface area contributed by atoms with Crippen molar-refractivity contribution in [2.45, 2.75) is 0 Å². The smallest absolute Gasteiger partial charge is 0.164 e. The molecular weight excluding hydrogens is 508 g/mol. The summed E-state index contributed by atoms with van der Waals surface area (Å²) >= 11 is 0. The second-order valence-corrected chi connectivity index (χ2v) is 9.15. The van der Waals surface area contributed by atoms with Crippen molar-refractivity contribution < 1.29 is 0 Å². The highest BCUT2D eigenvalue weighted by atomic mass is 15.0. The molecule has 6 bridgehead atoms. The summed E-state index contributed by atoms with van der Waals surface area (Å²) in [7, 11) is 1.68. The lowest BCUT2D eigenvalue weighted by molar-refractivity contribution is 1.09.